The fourth-order valence-electron chi connectivity index (χ4n) is 1.88. The van der Waals surface area contributed by atoms with Crippen molar-refractivity contribution in [3.05, 3.63) is 11.5 Å². The molecule has 0 spiro atoms. The minimum Gasteiger partial charge on any atom is -0.478 e. The lowest BCUT2D eigenvalue weighted by Gasteiger charge is -2.34. The number of furan rings is 1. The summed E-state index contributed by atoms with van der Waals surface area (Å²) in [6, 6.07) is 0. The molecule has 1 unspecified atom stereocenters. The molecule has 0 radical (unpaired) electrons. The molecule has 2 atom stereocenters. The summed E-state index contributed by atoms with van der Waals surface area (Å²) in [7, 11) is 3.70. The lowest BCUT2D eigenvalue weighted by atomic mass is 10.2. The van der Waals surface area contributed by atoms with E-state index in [0.29, 0.717) is 0 Å². The maximum Gasteiger partial charge on any atom is 0.203 e. The smallest absolute Gasteiger partial charge is 0.203 e. The molecule has 0 saturated carbocycles. The predicted molar refractivity (Wildman–Crippen MR) is 61.9 cm³/mol. The molecule has 1 aromatic rings. The van der Waals surface area contributed by atoms with E-state index in [1.54, 1.807) is 0 Å². The van der Waals surface area contributed by atoms with Crippen LogP contribution >= 0.6 is 21.6 Å². The Morgan fingerprint density at radius 3 is 1.87 bits per heavy atom. The highest BCUT2D eigenvalue weighted by atomic mass is 33.1. The third-order valence-electron chi connectivity index (χ3n) is 2.65. The lowest BCUT2D eigenvalue weighted by molar-refractivity contribution is 0.0481. The summed E-state index contributed by atoms with van der Waals surface area (Å²) in [6.07, 6.45) is 0.360. The third-order valence-corrected chi connectivity index (χ3v) is 5.07. The molecule has 1 aromatic heterocycles. The Kier molecular flexibility index (Phi) is 2.32. The molecule has 15 heavy (non-hydrogen) atoms. The van der Waals surface area contributed by atoms with Crippen LogP contribution in [0.25, 0.3) is 0 Å². The Balaban J connectivity index is 1.97. The van der Waals surface area contributed by atoms with Gasteiger partial charge in [-0.05, 0) is 13.8 Å². The van der Waals surface area contributed by atoms with Gasteiger partial charge in [0.15, 0.2) is 0 Å². The Morgan fingerprint density at radius 1 is 0.933 bits per heavy atom. The van der Waals surface area contributed by atoms with Crippen LogP contribution in [-0.4, -0.2) is 23.7 Å². The number of rotatable bonds is 0. The standard InChI is InChI=1S/C10H12O3S2/c1-5-9-10(6(2)11-5)13-8-4-15-14-3-7(8)12-9/h7-8H,3-4H2,1-2H3/t7-,8?/m0/s1. The van der Waals surface area contributed by atoms with Crippen LogP contribution in [0.4, 0.5) is 0 Å². The van der Waals surface area contributed by atoms with E-state index in [-0.39, 0.29) is 12.2 Å². The average Bonchev–Trinajstić information content (AvgIpc) is 2.52. The van der Waals surface area contributed by atoms with Gasteiger partial charge in [0.2, 0.25) is 11.5 Å². The maximum atomic E-state index is 5.93. The van der Waals surface area contributed by atoms with Gasteiger partial charge in [0.1, 0.15) is 23.7 Å². The summed E-state index contributed by atoms with van der Waals surface area (Å²) in [5.74, 6) is 5.23. The van der Waals surface area contributed by atoms with Crippen molar-refractivity contribution < 1.29 is 13.9 Å². The van der Waals surface area contributed by atoms with E-state index >= 15 is 0 Å². The van der Waals surface area contributed by atoms with Crippen molar-refractivity contribution in [3.63, 3.8) is 0 Å². The van der Waals surface area contributed by atoms with Crippen molar-refractivity contribution in [2.75, 3.05) is 11.5 Å². The number of ether oxygens (including phenoxy) is 2. The maximum absolute atomic E-state index is 5.93. The van der Waals surface area contributed by atoms with Crippen molar-refractivity contribution in [2.24, 2.45) is 0 Å². The molecule has 82 valence electrons. The molecule has 2 aliphatic rings. The monoisotopic (exact) mass is 244 g/mol. The highest BCUT2D eigenvalue weighted by molar-refractivity contribution is 8.76. The third kappa shape index (κ3) is 1.52. The molecule has 0 bridgehead atoms. The van der Waals surface area contributed by atoms with Crippen molar-refractivity contribution >= 4 is 21.6 Å². The number of fused-ring (bicyclic) bond motifs is 2. The SMILES string of the molecule is Cc1oc(C)c2c1OC1CSSC[C@@H]1O2. The van der Waals surface area contributed by atoms with Crippen LogP contribution in [0, 0.1) is 13.8 Å². The molecule has 0 amide bonds. The average molecular weight is 244 g/mol. The quantitative estimate of drug-likeness (QED) is 0.655. The first kappa shape index (κ1) is 9.78. The highest BCUT2D eigenvalue weighted by Gasteiger charge is 2.37. The molecule has 0 aromatic carbocycles. The van der Waals surface area contributed by atoms with Gasteiger partial charge in [-0.2, -0.15) is 0 Å². The van der Waals surface area contributed by atoms with Crippen molar-refractivity contribution in [3.8, 4) is 11.5 Å². The summed E-state index contributed by atoms with van der Waals surface area (Å²) in [5, 5.41) is 0. The molecule has 3 rings (SSSR count). The van der Waals surface area contributed by atoms with E-state index in [2.05, 4.69) is 0 Å². The fourth-order valence-corrected chi connectivity index (χ4v) is 4.29. The number of hydrogen-bond donors (Lipinski definition) is 0. The van der Waals surface area contributed by atoms with Gasteiger partial charge in [-0.25, -0.2) is 0 Å². The summed E-state index contributed by atoms with van der Waals surface area (Å²) in [5.41, 5.74) is 0. The van der Waals surface area contributed by atoms with E-state index in [0.717, 1.165) is 34.5 Å². The van der Waals surface area contributed by atoms with Crippen LogP contribution in [0.3, 0.4) is 0 Å². The predicted octanol–water partition coefficient (Wildman–Crippen LogP) is 2.80. The Hall–Kier alpha value is -0.420. The summed E-state index contributed by atoms with van der Waals surface area (Å²) in [6.45, 7) is 3.83. The van der Waals surface area contributed by atoms with Crippen molar-refractivity contribution in [1.29, 1.82) is 0 Å². The molecule has 2 aliphatic heterocycles. The van der Waals surface area contributed by atoms with Crippen LogP contribution in [0.15, 0.2) is 4.42 Å². The first-order valence-electron chi connectivity index (χ1n) is 4.93. The van der Waals surface area contributed by atoms with Gasteiger partial charge in [-0.3, -0.25) is 0 Å². The van der Waals surface area contributed by atoms with Crippen LogP contribution in [0.2, 0.25) is 0 Å². The summed E-state index contributed by atoms with van der Waals surface area (Å²) < 4.78 is 17.4. The highest BCUT2D eigenvalue weighted by Crippen LogP contribution is 2.45. The topological polar surface area (TPSA) is 31.6 Å². The van der Waals surface area contributed by atoms with E-state index in [9.17, 15) is 0 Å². The van der Waals surface area contributed by atoms with Crippen LogP contribution < -0.4 is 9.47 Å². The normalized spacial score (nSPS) is 28.7. The molecular weight excluding hydrogens is 232 g/mol. The lowest BCUT2D eigenvalue weighted by Crippen LogP contribution is -2.44. The minimum absolute atomic E-state index is 0.180. The Bertz CT molecular complexity index is 354. The van der Waals surface area contributed by atoms with Crippen LogP contribution in [-0.2, 0) is 0 Å². The van der Waals surface area contributed by atoms with Gasteiger partial charge in [-0.1, -0.05) is 21.6 Å². The summed E-state index contributed by atoms with van der Waals surface area (Å²) in [4.78, 5) is 0. The second-order valence-corrected chi connectivity index (χ2v) is 6.31. The summed E-state index contributed by atoms with van der Waals surface area (Å²) >= 11 is 0. The van der Waals surface area contributed by atoms with Gasteiger partial charge in [0.05, 0.1) is 0 Å². The first-order valence-corrected chi connectivity index (χ1v) is 7.42. The fraction of sp³-hybridized carbons (Fsp3) is 0.600. The molecule has 0 N–H and O–H groups in total. The molecule has 0 aliphatic carbocycles. The Morgan fingerprint density at radius 2 is 1.40 bits per heavy atom. The van der Waals surface area contributed by atoms with E-state index in [1.807, 2.05) is 35.4 Å². The van der Waals surface area contributed by atoms with Gasteiger partial charge >= 0.3 is 0 Å². The van der Waals surface area contributed by atoms with E-state index in [4.69, 9.17) is 13.9 Å². The molecular formula is C10H12O3S2. The minimum atomic E-state index is 0.180. The zero-order valence-electron chi connectivity index (χ0n) is 8.61. The molecule has 1 saturated heterocycles. The zero-order valence-corrected chi connectivity index (χ0v) is 10.2. The molecule has 3 heterocycles. The second kappa shape index (κ2) is 3.56. The van der Waals surface area contributed by atoms with Crippen molar-refractivity contribution in [1.82, 2.24) is 0 Å². The zero-order chi connectivity index (χ0) is 10.4. The van der Waals surface area contributed by atoms with Gasteiger partial charge in [0.25, 0.3) is 0 Å². The first-order chi connectivity index (χ1) is 7.25. The van der Waals surface area contributed by atoms with Gasteiger partial charge in [0, 0.05) is 11.5 Å². The van der Waals surface area contributed by atoms with E-state index < -0.39 is 0 Å². The van der Waals surface area contributed by atoms with Crippen LogP contribution in [0.5, 0.6) is 11.5 Å². The molecule has 5 heteroatoms. The van der Waals surface area contributed by atoms with Gasteiger partial charge in [-0.15, -0.1) is 0 Å². The number of aryl methyl sites for hydroxylation is 2. The second-order valence-electron chi connectivity index (χ2n) is 3.75. The Labute approximate surface area is 96.3 Å². The molecule has 3 nitrogen and oxygen atoms in total. The van der Waals surface area contributed by atoms with E-state index in [1.165, 1.54) is 0 Å². The molecule has 1 fully saturated rings. The largest absolute Gasteiger partial charge is 0.478 e. The number of hydrogen-bond acceptors (Lipinski definition) is 5. The van der Waals surface area contributed by atoms with Gasteiger partial charge < -0.3 is 13.9 Å². The van der Waals surface area contributed by atoms with Crippen molar-refractivity contribution in [2.45, 2.75) is 26.1 Å². The van der Waals surface area contributed by atoms with Crippen LogP contribution in [0.1, 0.15) is 11.5 Å².